The minimum atomic E-state index is 0.256. The third-order valence-electron chi connectivity index (χ3n) is 3.90. The van der Waals surface area contributed by atoms with Crippen molar-refractivity contribution in [1.29, 1.82) is 0 Å². The van der Waals surface area contributed by atoms with Crippen LogP contribution in [0.4, 0.5) is 0 Å². The summed E-state index contributed by atoms with van der Waals surface area (Å²) in [6.07, 6.45) is 10.8. The molecule has 0 amide bonds. The molecule has 2 fully saturated rings. The highest BCUT2D eigenvalue weighted by Gasteiger charge is 2.39. The van der Waals surface area contributed by atoms with E-state index >= 15 is 0 Å². The Balaban J connectivity index is 2.04. The molecule has 2 saturated heterocycles. The lowest BCUT2D eigenvalue weighted by Crippen LogP contribution is -2.33. The molecule has 2 aliphatic rings. The van der Waals surface area contributed by atoms with Crippen molar-refractivity contribution < 1.29 is 0 Å². The summed E-state index contributed by atoms with van der Waals surface area (Å²) in [4.78, 5) is 4.91. The lowest BCUT2D eigenvalue weighted by atomic mass is 9.35. The fraction of sp³-hybridized carbons (Fsp3) is 0.923. The Bertz CT molecular complexity index is 219. The summed E-state index contributed by atoms with van der Waals surface area (Å²) >= 11 is 0. The molecule has 0 aromatic heterocycles. The Labute approximate surface area is 94.8 Å². The van der Waals surface area contributed by atoms with Gasteiger partial charge in [-0.25, -0.2) is 0 Å². The molecule has 0 atom stereocenters. The standard InChI is InChI=1S/C13H24BN/c1-13(2,3)10-15-14-11-6-4-7-12(14)9-5-8-11/h10-12H,4-9H2,1-3H3/b15-10+. The molecule has 15 heavy (non-hydrogen) atoms. The number of hydrogen-bond acceptors (Lipinski definition) is 1. The second kappa shape index (κ2) is 4.31. The van der Waals surface area contributed by atoms with E-state index in [1.54, 1.807) is 0 Å². The first-order valence-corrected chi connectivity index (χ1v) is 6.60. The second-order valence-electron chi connectivity index (χ2n) is 6.52. The van der Waals surface area contributed by atoms with Gasteiger partial charge in [0.15, 0.2) is 0 Å². The van der Waals surface area contributed by atoms with Crippen LogP contribution in [0.25, 0.3) is 0 Å². The van der Waals surface area contributed by atoms with Crippen LogP contribution in [0.5, 0.6) is 0 Å². The lowest BCUT2D eigenvalue weighted by molar-refractivity contribution is 0.442. The van der Waals surface area contributed by atoms with Gasteiger partial charge in [-0.2, -0.15) is 0 Å². The first-order chi connectivity index (χ1) is 7.06. The normalized spacial score (nSPS) is 32.3. The summed E-state index contributed by atoms with van der Waals surface area (Å²) < 4.78 is 0. The molecule has 2 aliphatic heterocycles. The molecule has 2 bridgehead atoms. The minimum Gasteiger partial charge on any atom is -0.352 e. The number of hydrogen-bond donors (Lipinski definition) is 0. The Morgan fingerprint density at radius 1 is 1.00 bits per heavy atom. The second-order valence-corrected chi connectivity index (χ2v) is 6.52. The van der Waals surface area contributed by atoms with Crippen LogP contribution in [-0.4, -0.2) is 13.1 Å². The van der Waals surface area contributed by atoms with Gasteiger partial charge >= 0.3 is 0 Å². The molecule has 0 spiro atoms. The maximum Gasteiger partial charge on any atom is 0.285 e. The van der Waals surface area contributed by atoms with Gasteiger partial charge < -0.3 is 4.90 Å². The monoisotopic (exact) mass is 205 g/mol. The maximum absolute atomic E-state index is 4.91. The summed E-state index contributed by atoms with van der Waals surface area (Å²) in [6, 6.07) is 0. The van der Waals surface area contributed by atoms with E-state index in [2.05, 4.69) is 27.0 Å². The quantitative estimate of drug-likeness (QED) is 0.449. The molecule has 84 valence electrons. The third kappa shape index (κ3) is 2.86. The molecular formula is C13H24BN. The van der Waals surface area contributed by atoms with Gasteiger partial charge in [-0.15, -0.1) is 0 Å². The van der Waals surface area contributed by atoms with Crippen LogP contribution in [0.1, 0.15) is 59.3 Å². The predicted octanol–water partition coefficient (Wildman–Crippen LogP) is 4.20. The van der Waals surface area contributed by atoms with Crippen LogP contribution in [0.2, 0.25) is 11.6 Å². The molecule has 1 nitrogen and oxygen atoms in total. The van der Waals surface area contributed by atoms with E-state index in [4.69, 9.17) is 4.90 Å². The van der Waals surface area contributed by atoms with Gasteiger partial charge in [0.1, 0.15) is 0 Å². The highest BCUT2D eigenvalue weighted by atomic mass is 14.7. The van der Waals surface area contributed by atoms with Crippen molar-refractivity contribution in [2.24, 2.45) is 10.3 Å². The van der Waals surface area contributed by atoms with Gasteiger partial charge in [0, 0.05) is 0 Å². The Morgan fingerprint density at radius 3 is 1.87 bits per heavy atom. The van der Waals surface area contributed by atoms with Crippen LogP contribution in [-0.2, 0) is 0 Å². The largest absolute Gasteiger partial charge is 0.352 e. The highest BCUT2D eigenvalue weighted by Crippen LogP contribution is 2.46. The van der Waals surface area contributed by atoms with Crippen molar-refractivity contribution >= 4 is 13.1 Å². The van der Waals surface area contributed by atoms with Gasteiger partial charge in [0.2, 0.25) is 0 Å². The van der Waals surface area contributed by atoms with E-state index in [-0.39, 0.29) is 5.41 Å². The summed E-state index contributed by atoms with van der Waals surface area (Å²) in [5.74, 6) is 1.83. The molecule has 0 unspecified atom stereocenters. The van der Waals surface area contributed by atoms with Gasteiger partial charge in [-0.1, -0.05) is 59.3 Å². The summed E-state index contributed by atoms with van der Waals surface area (Å²) in [5, 5.41) is 0. The molecule has 0 radical (unpaired) electrons. The Kier molecular flexibility index (Phi) is 3.23. The zero-order valence-corrected chi connectivity index (χ0v) is 10.5. The zero-order valence-electron chi connectivity index (χ0n) is 10.5. The molecule has 0 aliphatic carbocycles. The number of rotatable bonds is 1. The molecule has 2 heteroatoms. The average Bonchev–Trinajstić information content (AvgIpc) is 2.12. The third-order valence-corrected chi connectivity index (χ3v) is 3.90. The SMILES string of the molecule is CC(C)(C)/C=N/B1C2CCCC1CCC2. The van der Waals surface area contributed by atoms with Crippen LogP contribution in [0.3, 0.4) is 0 Å². The van der Waals surface area contributed by atoms with Crippen molar-refractivity contribution in [2.75, 3.05) is 0 Å². The first-order valence-electron chi connectivity index (χ1n) is 6.60. The van der Waals surface area contributed by atoms with Gasteiger partial charge in [-0.05, 0) is 23.3 Å². The fourth-order valence-electron chi connectivity index (χ4n) is 3.19. The summed E-state index contributed by atoms with van der Waals surface area (Å²) in [6.45, 7) is 7.41. The van der Waals surface area contributed by atoms with E-state index in [1.165, 1.54) is 38.5 Å². The highest BCUT2D eigenvalue weighted by molar-refractivity contribution is 6.61. The van der Waals surface area contributed by atoms with Crippen molar-refractivity contribution in [2.45, 2.75) is 70.9 Å². The van der Waals surface area contributed by atoms with E-state index in [9.17, 15) is 0 Å². The molecular weight excluding hydrogens is 181 g/mol. The van der Waals surface area contributed by atoms with Crippen LogP contribution in [0, 0.1) is 5.41 Å². The topological polar surface area (TPSA) is 12.4 Å². The lowest BCUT2D eigenvalue weighted by Gasteiger charge is -2.38. The van der Waals surface area contributed by atoms with E-state index in [1.807, 2.05) is 0 Å². The Morgan fingerprint density at radius 2 is 1.47 bits per heavy atom. The van der Waals surface area contributed by atoms with Crippen LogP contribution < -0.4 is 0 Å². The fourth-order valence-corrected chi connectivity index (χ4v) is 3.19. The number of fused-ring (bicyclic) bond motifs is 2. The Hall–Kier alpha value is -0.265. The minimum absolute atomic E-state index is 0.256. The summed E-state index contributed by atoms with van der Waals surface area (Å²) in [5.41, 5.74) is 0.256. The van der Waals surface area contributed by atoms with E-state index in [0.29, 0.717) is 6.85 Å². The smallest absolute Gasteiger partial charge is 0.285 e. The predicted molar refractivity (Wildman–Crippen MR) is 68.9 cm³/mol. The maximum atomic E-state index is 4.91. The molecule has 2 heterocycles. The summed E-state index contributed by atoms with van der Waals surface area (Å²) in [7, 11) is 0. The first kappa shape index (κ1) is 11.2. The van der Waals surface area contributed by atoms with Crippen molar-refractivity contribution in [3.63, 3.8) is 0 Å². The number of nitrogens with zero attached hydrogens (tertiary/aromatic N) is 1. The van der Waals surface area contributed by atoms with Gasteiger partial charge in [0.25, 0.3) is 6.85 Å². The van der Waals surface area contributed by atoms with E-state index in [0.717, 1.165) is 11.6 Å². The van der Waals surface area contributed by atoms with Crippen molar-refractivity contribution in [1.82, 2.24) is 0 Å². The molecule has 2 rings (SSSR count). The zero-order chi connectivity index (χ0) is 10.9. The molecule has 0 aromatic carbocycles. The van der Waals surface area contributed by atoms with Crippen LogP contribution >= 0.6 is 0 Å². The molecule has 0 saturated carbocycles. The van der Waals surface area contributed by atoms with Crippen LogP contribution in [0.15, 0.2) is 4.90 Å². The van der Waals surface area contributed by atoms with Crippen molar-refractivity contribution in [3.05, 3.63) is 0 Å². The average molecular weight is 205 g/mol. The molecule has 0 N–H and O–H groups in total. The van der Waals surface area contributed by atoms with Gasteiger partial charge in [0.05, 0.1) is 0 Å². The van der Waals surface area contributed by atoms with Gasteiger partial charge in [-0.3, -0.25) is 0 Å². The van der Waals surface area contributed by atoms with Crippen molar-refractivity contribution in [3.8, 4) is 0 Å². The molecule has 0 aromatic rings. The van der Waals surface area contributed by atoms with E-state index < -0.39 is 0 Å².